The van der Waals surface area contributed by atoms with Gasteiger partial charge in [0.1, 0.15) is 13.1 Å². The molecule has 7 heteroatoms. The van der Waals surface area contributed by atoms with Gasteiger partial charge in [-0.15, -0.1) is 0 Å². The van der Waals surface area contributed by atoms with Crippen molar-refractivity contribution in [2.45, 2.75) is 44.9 Å². The molecule has 0 unspecified atom stereocenters. The smallest absolute Gasteiger partial charge is 0.124 e. The summed E-state index contributed by atoms with van der Waals surface area (Å²) in [5, 5.41) is 8.51. The lowest BCUT2D eigenvalue weighted by molar-refractivity contribution is -0.107. The van der Waals surface area contributed by atoms with E-state index < -0.39 is 0 Å². The molecule has 0 atom stereocenters. The number of rotatable bonds is 6. The third-order valence-electron chi connectivity index (χ3n) is 5.57. The van der Waals surface area contributed by atoms with Gasteiger partial charge in [0, 0.05) is 30.3 Å². The SMILES string of the molecule is C=C(C)c1ccccc1CC=O.C=O.CC1(c2cc(Cl)cc(C3=CN=CC3)c2)CC1.N#CCNN. The summed E-state index contributed by atoms with van der Waals surface area (Å²) < 4.78 is 0. The van der Waals surface area contributed by atoms with E-state index >= 15 is 0 Å². The van der Waals surface area contributed by atoms with Gasteiger partial charge in [-0.2, -0.15) is 5.26 Å². The van der Waals surface area contributed by atoms with E-state index in [1.807, 2.05) is 56.5 Å². The maximum absolute atomic E-state index is 10.3. The van der Waals surface area contributed by atoms with Crippen LogP contribution in [0.15, 0.2) is 60.2 Å². The van der Waals surface area contributed by atoms with Crippen LogP contribution in [0.25, 0.3) is 11.1 Å². The van der Waals surface area contributed by atoms with Gasteiger partial charge in [-0.1, -0.05) is 61.0 Å². The summed E-state index contributed by atoms with van der Waals surface area (Å²) in [4.78, 5) is 22.5. The van der Waals surface area contributed by atoms with Crippen molar-refractivity contribution in [3.05, 3.63) is 82.5 Å². The number of nitrogens with one attached hydrogen (secondary N) is 1. The molecule has 4 rings (SSSR count). The Bertz CT molecular complexity index is 1100. The second-order valence-corrected chi connectivity index (χ2v) is 8.76. The molecule has 1 aliphatic carbocycles. The largest absolute Gasteiger partial charge is 0.307 e. The van der Waals surface area contributed by atoms with Crippen LogP contribution in [0, 0.1) is 11.3 Å². The quantitative estimate of drug-likeness (QED) is 0.241. The van der Waals surface area contributed by atoms with Crippen molar-refractivity contribution in [2.24, 2.45) is 10.8 Å². The number of carbonyl (C=O) groups excluding carboxylic acids is 2. The monoisotopic (exact) mass is 492 g/mol. The molecule has 2 aliphatic rings. The Morgan fingerprint density at radius 3 is 2.46 bits per heavy atom. The molecule has 0 saturated heterocycles. The van der Waals surface area contributed by atoms with E-state index in [1.54, 1.807) is 6.07 Å². The van der Waals surface area contributed by atoms with E-state index in [4.69, 9.17) is 21.7 Å². The first kappa shape index (κ1) is 29.7. The summed E-state index contributed by atoms with van der Waals surface area (Å²) in [5.74, 6) is 4.67. The molecular weight excluding hydrogens is 460 g/mol. The fourth-order valence-corrected chi connectivity index (χ4v) is 3.62. The summed E-state index contributed by atoms with van der Waals surface area (Å²) >= 11 is 6.19. The summed E-state index contributed by atoms with van der Waals surface area (Å²) in [6.07, 6.45) is 8.76. The van der Waals surface area contributed by atoms with Gasteiger partial charge >= 0.3 is 0 Å². The number of nitriles is 1. The topological polar surface area (TPSA) is 108 Å². The third-order valence-corrected chi connectivity index (χ3v) is 5.79. The number of nitrogens with two attached hydrogens (primary N) is 1. The van der Waals surface area contributed by atoms with Crippen molar-refractivity contribution in [3.8, 4) is 6.07 Å². The number of hydrazine groups is 1. The van der Waals surface area contributed by atoms with Gasteiger partial charge in [0.15, 0.2) is 0 Å². The molecule has 6 nitrogen and oxygen atoms in total. The predicted molar refractivity (Wildman–Crippen MR) is 145 cm³/mol. The third kappa shape index (κ3) is 9.79. The zero-order chi connectivity index (χ0) is 26.3. The number of halogens is 1. The molecule has 0 radical (unpaired) electrons. The summed E-state index contributed by atoms with van der Waals surface area (Å²) in [6.45, 7) is 10.3. The van der Waals surface area contributed by atoms with Crippen LogP contribution in [0.1, 0.15) is 55.4 Å². The van der Waals surface area contributed by atoms with Crippen molar-refractivity contribution in [1.29, 1.82) is 5.26 Å². The second-order valence-electron chi connectivity index (χ2n) is 8.33. The number of aliphatic imine (C=N–C) groups is 1. The highest BCUT2D eigenvalue weighted by Gasteiger charge is 2.39. The van der Waals surface area contributed by atoms with E-state index in [1.165, 1.54) is 29.5 Å². The molecule has 0 aromatic heterocycles. The number of hydrogen-bond acceptors (Lipinski definition) is 6. The molecule has 35 heavy (non-hydrogen) atoms. The van der Waals surface area contributed by atoms with Crippen LogP contribution in [0.2, 0.25) is 5.02 Å². The highest BCUT2D eigenvalue weighted by atomic mass is 35.5. The van der Waals surface area contributed by atoms with E-state index in [2.05, 4.69) is 41.9 Å². The fraction of sp³-hybridized carbons (Fsp3) is 0.286. The van der Waals surface area contributed by atoms with E-state index in [-0.39, 0.29) is 6.54 Å². The minimum Gasteiger partial charge on any atom is -0.307 e. The molecular formula is C28H33ClN4O2. The highest BCUT2D eigenvalue weighted by Crippen LogP contribution is 2.48. The molecule has 1 saturated carbocycles. The van der Waals surface area contributed by atoms with Gasteiger partial charge < -0.3 is 9.59 Å². The Hall–Kier alpha value is -3.37. The summed E-state index contributed by atoms with van der Waals surface area (Å²) in [5.41, 5.74) is 9.56. The molecule has 0 amide bonds. The minimum absolute atomic E-state index is 0.222. The van der Waals surface area contributed by atoms with Crippen LogP contribution in [-0.4, -0.2) is 25.8 Å². The summed E-state index contributed by atoms with van der Waals surface area (Å²) in [7, 11) is 0. The number of allylic oxidation sites excluding steroid dienone is 2. The van der Waals surface area contributed by atoms with Crippen molar-refractivity contribution in [3.63, 3.8) is 0 Å². The number of carbonyl (C=O) groups is 2. The van der Waals surface area contributed by atoms with Crippen LogP contribution in [0.3, 0.4) is 0 Å². The lowest BCUT2D eigenvalue weighted by atomic mass is 9.94. The Morgan fingerprint density at radius 1 is 1.29 bits per heavy atom. The molecule has 1 aliphatic heterocycles. The Morgan fingerprint density at radius 2 is 1.97 bits per heavy atom. The lowest BCUT2D eigenvalue weighted by Gasteiger charge is -2.12. The van der Waals surface area contributed by atoms with Crippen LogP contribution in [0.5, 0.6) is 0 Å². The van der Waals surface area contributed by atoms with E-state index in [9.17, 15) is 4.79 Å². The van der Waals surface area contributed by atoms with Gasteiger partial charge in [-0.25, -0.2) is 5.43 Å². The fourth-order valence-electron chi connectivity index (χ4n) is 3.39. The lowest BCUT2D eigenvalue weighted by Crippen LogP contribution is -2.21. The molecule has 184 valence electrons. The Kier molecular flexibility index (Phi) is 13.1. The van der Waals surface area contributed by atoms with Crippen molar-refractivity contribution in [1.82, 2.24) is 5.43 Å². The van der Waals surface area contributed by atoms with E-state index in [0.29, 0.717) is 11.8 Å². The highest BCUT2D eigenvalue weighted by molar-refractivity contribution is 6.30. The van der Waals surface area contributed by atoms with Gasteiger partial charge in [0.25, 0.3) is 0 Å². The molecule has 3 N–H and O–H groups in total. The summed E-state index contributed by atoms with van der Waals surface area (Å²) in [6, 6.07) is 16.0. The average Bonchev–Trinajstić information content (AvgIpc) is 3.38. The molecule has 0 bridgehead atoms. The van der Waals surface area contributed by atoms with Gasteiger partial charge in [-0.3, -0.25) is 10.8 Å². The standard InChI is InChI=1S/C14H14ClN.C11H12O.C2H5N3.CH2O/c1-14(3-4-14)12-6-11(7-13(15)8-12)10-2-5-16-9-10;1-9(2)11-6-4-3-5-10(11)7-8-12;3-1-2-5-4;1-2/h5-9H,2-4H2,1H3;3-6,8H,1,7H2,2H3;5H,2,4H2;1H2. The van der Waals surface area contributed by atoms with E-state index in [0.717, 1.165) is 34.4 Å². The first-order valence-corrected chi connectivity index (χ1v) is 11.5. The molecule has 2 aromatic carbocycles. The molecule has 0 spiro atoms. The minimum atomic E-state index is 0.222. The Labute approximate surface area is 213 Å². The first-order valence-electron chi connectivity index (χ1n) is 11.1. The number of aldehydes is 1. The van der Waals surface area contributed by atoms with Crippen LogP contribution in [0.4, 0.5) is 0 Å². The van der Waals surface area contributed by atoms with Gasteiger partial charge in [0.05, 0.1) is 12.6 Å². The van der Waals surface area contributed by atoms with Crippen molar-refractivity contribution < 1.29 is 9.59 Å². The number of benzene rings is 2. The van der Waals surface area contributed by atoms with Crippen LogP contribution >= 0.6 is 11.6 Å². The number of nitrogens with zero attached hydrogens (tertiary/aromatic N) is 2. The molecule has 2 aromatic rings. The zero-order valence-corrected chi connectivity index (χ0v) is 21.1. The predicted octanol–water partition coefficient (Wildman–Crippen LogP) is 5.46. The second kappa shape index (κ2) is 15.5. The van der Waals surface area contributed by atoms with Crippen molar-refractivity contribution >= 4 is 42.0 Å². The van der Waals surface area contributed by atoms with Crippen molar-refractivity contribution in [2.75, 3.05) is 6.54 Å². The maximum atomic E-state index is 10.3. The molecule has 1 heterocycles. The Balaban J connectivity index is 0.000000286. The van der Waals surface area contributed by atoms with Crippen LogP contribution in [-0.2, 0) is 21.4 Å². The van der Waals surface area contributed by atoms with Gasteiger partial charge in [0.2, 0.25) is 0 Å². The zero-order valence-electron chi connectivity index (χ0n) is 20.4. The normalized spacial score (nSPS) is 13.9. The maximum Gasteiger partial charge on any atom is 0.124 e. The van der Waals surface area contributed by atoms with Gasteiger partial charge in [-0.05, 0) is 65.1 Å². The first-order chi connectivity index (χ1) is 16.8. The number of hydrogen-bond donors (Lipinski definition) is 2. The van der Waals surface area contributed by atoms with Crippen LogP contribution < -0.4 is 11.3 Å². The molecule has 1 fully saturated rings. The average molecular weight is 493 g/mol.